The Morgan fingerprint density at radius 1 is 1.30 bits per heavy atom. The van der Waals surface area contributed by atoms with Crippen LogP contribution in [0.2, 0.25) is 5.02 Å². The van der Waals surface area contributed by atoms with Gasteiger partial charge < -0.3 is 9.64 Å². The van der Waals surface area contributed by atoms with Crippen molar-refractivity contribution in [3.8, 4) is 0 Å². The molecule has 1 aromatic carbocycles. The van der Waals surface area contributed by atoms with Gasteiger partial charge >= 0.3 is 16.2 Å². The summed E-state index contributed by atoms with van der Waals surface area (Å²) >= 11 is 6.13. The van der Waals surface area contributed by atoms with Crippen LogP contribution in [0.3, 0.4) is 0 Å². The highest BCUT2D eigenvalue weighted by atomic mass is 35.5. The zero-order valence-corrected chi connectivity index (χ0v) is 18.7. The van der Waals surface area contributed by atoms with E-state index in [1.807, 2.05) is 14.0 Å². The molecular formula is C20H25ClN4O4S. The number of likely N-dealkylation sites (N-methyl/N-ethyl adjacent to an activating group) is 1. The first kappa shape index (κ1) is 22.5. The molecular weight excluding hydrogens is 428 g/mol. The summed E-state index contributed by atoms with van der Waals surface area (Å²) in [6, 6.07) is 10.00. The Labute approximate surface area is 182 Å². The molecule has 0 aliphatic carbocycles. The van der Waals surface area contributed by atoms with Crippen molar-refractivity contribution in [2.45, 2.75) is 19.5 Å². The Hall–Kier alpha value is -2.20. The molecule has 0 bridgehead atoms. The standard InChI is InChI=1S/C20H25ClN4O4S/c1-15-13-24(10-9-23(15)2)30(27,28)25(19-6-4-5-17(21)11-19)14-18-8-7-16(12-22-18)20(26)29-3/h4-8,11-12,15H,9-10,13-14H2,1-3H3/t15-/m1/s1. The van der Waals surface area contributed by atoms with Crippen LogP contribution in [0.4, 0.5) is 5.69 Å². The summed E-state index contributed by atoms with van der Waals surface area (Å²) in [4.78, 5) is 18.0. The van der Waals surface area contributed by atoms with E-state index in [-0.39, 0.29) is 12.6 Å². The third-order valence-corrected chi connectivity index (χ3v) is 7.29. The number of benzene rings is 1. The van der Waals surface area contributed by atoms with Gasteiger partial charge in [0.15, 0.2) is 0 Å². The lowest BCUT2D eigenvalue weighted by Crippen LogP contribution is -2.55. The molecule has 0 saturated carbocycles. The molecule has 162 valence electrons. The summed E-state index contributed by atoms with van der Waals surface area (Å²) < 4.78 is 34.6. The van der Waals surface area contributed by atoms with Gasteiger partial charge in [-0.2, -0.15) is 12.7 Å². The predicted octanol–water partition coefficient (Wildman–Crippen LogP) is 2.41. The van der Waals surface area contributed by atoms with Gasteiger partial charge in [-0.25, -0.2) is 4.79 Å². The number of piperazine rings is 1. The molecule has 3 rings (SSSR count). The molecule has 1 saturated heterocycles. The molecule has 1 aliphatic heterocycles. The fourth-order valence-corrected chi connectivity index (χ4v) is 5.06. The fourth-order valence-electron chi connectivity index (χ4n) is 3.21. The predicted molar refractivity (Wildman–Crippen MR) is 116 cm³/mol. The summed E-state index contributed by atoms with van der Waals surface area (Å²) in [5.74, 6) is -0.500. The van der Waals surface area contributed by atoms with Crippen molar-refractivity contribution in [2.24, 2.45) is 0 Å². The number of esters is 1. The van der Waals surface area contributed by atoms with Crippen LogP contribution in [-0.2, 0) is 21.5 Å². The van der Waals surface area contributed by atoms with Crippen molar-refractivity contribution in [3.63, 3.8) is 0 Å². The van der Waals surface area contributed by atoms with Gasteiger partial charge in [0.2, 0.25) is 0 Å². The molecule has 10 heteroatoms. The van der Waals surface area contributed by atoms with E-state index in [2.05, 4.69) is 14.6 Å². The monoisotopic (exact) mass is 452 g/mol. The van der Waals surface area contributed by atoms with E-state index in [9.17, 15) is 13.2 Å². The van der Waals surface area contributed by atoms with Crippen molar-refractivity contribution in [3.05, 3.63) is 58.9 Å². The van der Waals surface area contributed by atoms with Crippen LogP contribution >= 0.6 is 11.6 Å². The lowest BCUT2D eigenvalue weighted by Gasteiger charge is -2.39. The Morgan fingerprint density at radius 2 is 2.07 bits per heavy atom. The maximum absolute atomic E-state index is 13.6. The molecule has 0 unspecified atom stereocenters. The molecule has 2 aromatic rings. The second-order valence-electron chi connectivity index (χ2n) is 7.21. The van der Waals surface area contributed by atoms with Crippen LogP contribution < -0.4 is 4.31 Å². The zero-order valence-electron chi connectivity index (χ0n) is 17.2. The van der Waals surface area contributed by atoms with Gasteiger partial charge in [0, 0.05) is 36.9 Å². The Morgan fingerprint density at radius 3 is 2.67 bits per heavy atom. The van der Waals surface area contributed by atoms with Crippen LogP contribution in [0.1, 0.15) is 23.0 Å². The van der Waals surface area contributed by atoms with E-state index in [0.717, 1.165) is 0 Å². The van der Waals surface area contributed by atoms with Crippen molar-refractivity contribution < 1.29 is 17.9 Å². The second-order valence-corrected chi connectivity index (χ2v) is 9.50. The van der Waals surface area contributed by atoms with Crippen molar-refractivity contribution in [1.82, 2.24) is 14.2 Å². The van der Waals surface area contributed by atoms with Crippen LogP contribution in [-0.4, -0.2) is 68.4 Å². The maximum Gasteiger partial charge on any atom is 0.339 e. The first-order valence-electron chi connectivity index (χ1n) is 9.49. The average molecular weight is 453 g/mol. The Bertz CT molecular complexity index is 1000. The van der Waals surface area contributed by atoms with Gasteiger partial charge in [0.1, 0.15) is 0 Å². The van der Waals surface area contributed by atoms with Crippen LogP contribution in [0, 0.1) is 0 Å². The quantitative estimate of drug-likeness (QED) is 0.626. The lowest BCUT2D eigenvalue weighted by atomic mass is 10.2. The van der Waals surface area contributed by atoms with Gasteiger partial charge in [-0.05, 0) is 44.3 Å². The van der Waals surface area contributed by atoms with Crippen molar-refractivity contribution in [1.29, 1.82) is 0 Å². The van der Waals surface area contributed by atoms with Gasteiger partial charge in [0.25, 0.3) is 0 Å². The first-order chi connectivity index (χ1) is 14.2. The number of carbonyl (C=O) groups is 1. The van der Waals surface area contributed by atoms with E-state index < -0.39 is 16.2 Å². The molecule has 2 heterocycles. The van der Waals surface area contributed by atoms with Gasteiger partial charge in [0.05, 0.1) is 30.6 Å². The minimum absolute atomic E-state index is 0.00481. The highest BCUT2D eigenvalue weighted by molar-refractivity contribution is 7.90. The van der Waals surface area contributed by atoms with E-state index in [1.54, 1.807) is 36.4 Å². The maximum atomic E-state index is 13.6. The number of anilines is 1. The molecule has 1 fully saturated rings. The summed E-state index contributed by atoms with van der Waals surface area (Å²) in [7, 11) is -0.555. The SMILES string of the molecule is COC(=O)c1ccc(CN(c2cccc(Cl)c2)S(=O)(=O)N2CCN(C)[C@H](C)C2)nc1. The summed E-state index contributed by atoms with van der Waals surface area (Å²) in [5, 5.41) is 0.438. The van der Waals surface area contributed by atoms with Gasteiger partial charge in [-0.3, -0.25) is 9.29 Å². The summed E-state index contributed by atoms with van der Waals surface area (Å²) in [6.45, 7) is 3.44. The third-order valence-electron chi connectivity index (χ3n) is 5.17. The zero-order chi connectivity index (χ0) is 21.9. The number of rotatable bonds is 6. The first-order valence-corrected chi connectivity index (χ1v) is 11.3. The molecule has 30 heavy (non-hydrogen) atoms. The molecule has 8 nitrogen and oxygen atoms in total. The number of aromatic nitrogens is 1. The number of ether oxygens (including phenoxy) is 1. The van der Waals surface area contributed by atoms with Crippen molar-refractivity contribution in [2.75, 3.05) is 38.1 Å². The van der Waals surface area contributed by atoms with E-state index in [4.69, 9.17) is 11.6 Å². The van der Waals surface area contributed by atoms with Gasteiger partial charge in [-0.1, -0.05) is 17.7 Å². The third kappa shape index (κ3) is 4.92. The minimum atomic E-state index is -3.83. The number of carbonyl (C=O) groups excluding carboxylic acids is 1. The van der Waals surface area contributed by atoms with Gasteiger partial charge in [-0.15, -0.1) is 0 Å². The molecule has 1 atom stereocenters. The molecule has 0 radical (unpaired) electrons. The van der Waals surface area contributed by atoms with E-state index in [0.29, 0.717) is 41.6 Å². The number of halogens is 1. The Kier molecular flexibility index (Phi) is 6.97. The Balaban J connectivity index is 1.94. The number of pyridine rings is 1. The van der Waals surface area contributed by atoms with E-state index in [1.165, 1.54) is 21.9 Å². The number of methoxy groups -OCH3 is 1. The lowest BCUT2D eigenvalue weighted by molar-refractivity contribution is 0.0600. The van der Waals surface area contributed by atoms with E-state index >= 15 is 0 Å². The van der Waals surface area contributed by atoms with Crippen LogP contribution in [0.25, 0.3) is 0 Å². The topological polar surface area (TPSA) is 83.0 Å². The highest BCUT2D eigenvalue weighted by Crippen LogP contribution is 2.27. The largest absolute Gasteiger partial charge is 0.465 e. The van der Waals surface area contributed by atoms with Crippen molar-refractivity contribution >= 4 is 33.5 Å². The molecule has 1 aromatic heterocycles. The summed E-state index contributed by atoms with van der Waals surface area (Å²) in [6.07, 6.45) is 1.38. The highest BCUT2D eigenvalue weighted by Gasteiger charge is 2.34. The molecule has 0 spiro atoms. The summed E-state index contributed by atoms with van der Waals surface area (Å²) in [5.41, 5.74) is 1.24. The fraction of sp³-hybridized carbons (Fsp3) is 0.400. The average Bonchev–Trinajstić information content (AvgIpc) is 2.73. The smallest absolute Gasteiger partial charge is 0.339 e. The van der Waals surface area contributed by atoms with Crippen LogP contribution in [0.15, 0.2) is 42.6 Å². The normalized spacial score (nSPS) is 18.2. The number of hydrogen-bond acceptors (Lipinski definition) is 6. The number of hydrogen-bond donors (Lipinski definition) is 0. The molecule has 0 amide bonds. The molecule has 1 aliphatic rings. The van der Waals surface area contributed by atoms with Crippen LogP contribution in [0.5, 0.6) is 0 Å². The minimum Gasteiger partial charge on any atom is -0.465 e. The molecule has 0 N–H and O–H groups in total. The second kappa shape index (κ2) is 9.30. The number of nitrogens with zero attached hydrogens (tertiary/aromatic N) is 4.